The summed E-state index contributed by atoms with van der Waals surface area (Å²) in [7, 11) is 0. The Morgan fingerprint density at radius 2 is 1.94 bits per heavy atom. The van der Waals surface area contributed by atoms with E-state index in [0.717, 1.165) is 5.56 Å². The number of benzene rings is 1. The zero-order valence-corrected chi connectivity index (χ0v) is 9.50. The van der Waals surface area contributed by atoms with E-state index in [0.29, 0.717) is 0 Å². The van der Waals surface area contributed by atoms with Crippen LogP contribution in [0.1, 0.15) is 5.56 Å². The predicted octanol–water partition coefficient (Wildman–Crippen LogP) is 3.50. The smallest absolute Gasteiger partial charge is 0.342 e. The molecule has 0 saturated carbocycles. The predicted molar refractivity (Wildman–Crippen MR) is 70.0 cm³/mol. The molecule has 0 fully saturated rings. The molecule has 0 aliphatic carbocycles. The van der Waals surface area contributed by atoms with Gasteiger partial charge in [-0.2, -0.15) is 0 Å². The maximum Gasteiger partial charge on any atom is 0.342 e. The van der Waals surface area contributed by atoms with Gasteiger partial charge >= 0.3 is 5.97 Å². The average Bonchev–Trinajstić information content (AvgIpc) is 2.37. The summed E-state index contributed by atoms with van der Waals surface area (Å²) < 4.78 is 4.90. The first-order valence-corrected chi connectivity index (χ1v) is 5.14. The maximum atomic E-state index is 11.4. The van der Waals surface area contributed by atoms with Crippen LogP contribution in [0.3, 0.4) is 0 Å². The molecule has 17 heavy (non-hydrogen) atoms. The molecule has 0 spiro atoms. The number of hydrogen-bond donors (Lipinski definition) is 0. The molecule has 0 saturated heterocycles. The van der Waals surface area contributed by atoms with Crippen LogP contribution in [0.4, 0.5) is 0 Å². The van der Waals surface area contributed by atoms with Gasteiger partial charge in [0.15, 0.2) is 0 Å². The van der Waals surface area contributed by atoms with E-state index in [4.69, 9.17) is 4.74 Å². The van der Waals surface area contributed by atoms with Crippen LogP contribution >= 0.6 is 0 Å². The highest BCUT2D eigenvalue weighted by molar-refractivity contribution is 5.91. The molecule has 0 N–H and O–H groups in total. The summed E-state index contributed by atoms with van der Waals surface area (Å²) in [5, 5.41) is 0. The molecule has 0 atom stereocenters. The first kappa shape index (κ1) is 12.7. The zero-order valence-electron chi connectivity index (χ0n) is 9.50. The molecule has 1 rings (SSSR count). The molecule has 0 amide bonds. The van der Waals surface area contributed by atoms with Crippen molar-refractivity contribution in [2.45, 2.75) is 0 Å². The SMILES string of the molecule is C=CC=CC(=C)C(=O)OC=Cc1ccccc1. The first-order chi connectivity index (χ1) is 8.24. The molecule has 0 unspecified atom stereocenters. The molecule has 0 radical (unpaired) electrons. The van der Waals surface area contributed by atoms with E-state index in [1.807, 2.05) is 30.3 Å². The molecule has 0 aliphatic rings. The number of hydrogen-bond acceptors (Lipinski definition) is 2. The number of allylic oxidation sites excluding steroid dienone is 2. The van der Waals surface area contributed by atoms with Crippen molar-refractivity contribution < 1.29 is 9.53 Å². The normalized spacial score (nSPS) is 10.6. The van der Waals surface area contributed by atoms with Crippen molar-refractivity contribution in [2.24, 2.45) is 0 Å². The van der Waals surface area contributed by atoms with Gasteiger partial charge in [-0.05, 0) is 17.7 Å². The highest BCUT2D eigenvalue weighted by Crippen LogP contribution is 2.03. The summed E-state index contributed by atoms with van der Waals surface area (Å²) >= 11 is 0. The molecule has 2 heteroatoms. The third-order valence-corrected chi connectivity index (χ3v) is 1.93. The van der Waals surface area contributed by atoms with Crippen LogP contribution in [-0.2, 0) is 9.53 Å². The summed E-state index contributed by atoms with van der Waals surface area (Å²) in [5.74, 6) is -0.477. The minimum atomic E-state index is -0.477. The van der Waals surface area contributed by atoms with Gasteiger partial charge < -0.3 is 4.74 Å². The third-order valence-electron chi connectivity index (χ3n) is 1.93. The summed E-state index contributed by atoms with van der Waals surface area (Å²) in [6.07, 6.45) is 7.81. The minimum absolute atomic E-state index is 0.280. The Morgan fingerprint density at radius 3 is 2.59 bits per heavy atom. The lowest BCUT2D eigenvalue weighted by Crippen LogP contribution is -2.00. The van der Waals surface area contributed by atoms with Crippen LogP contribution in [0.15, 0.2) is 73.6 Å². The number of carbonyl (C=O) groups excluding carboxylic acids is 1. The van der Waals surface area contributed by atoms with Crippen LogP contribution in [-0.4, -0.2) is 5.97 Å². The van der Waals surface area contributed by atoms with Crippen LogP contribution in [0.2, 0.25) is 0 Å². The fourth-order valence-corrected chi connectivity index (χ4v) is 1.07. The second-order valence-electron chi connectivity index (χ2n) is 3.24. The van der Waals surface area contributed by atoms with Crippen molar-refractivity contribution >= 4 is 12.0 Å². The van der Waals surface area contributed by atoms with E-state index in [2.05, 4.69) is 13.2 Å². The topological polar surface area (TPSA) is 26.3 Å². The number of ether oxygens (including phenoxy) is 1. The van der Waals surface area contributed by atoms with Crippen LogP contribution < -0.4 is 0 Å². The number of rotatable bonds is 5. The molecule has 0 aliphatic heterocycles. The summed E-state index contributed by atoms with van der Waals surface area (Å²) in [4.78, 5) is 11.4. The van der Waals surface area contributed by atoms with Crippen molar-refractivity contribution in [3.8, 4) is 0 Å². The van der Waals surface area contributed by atoms with Crippen LogP contribution in [0.25, 0.3) is 6.08 Å². The Hall–Kier alpha value is -2.35. The quantitative estimate of drug-likeness (QED) is 0.332. The molecule has 0 bridgehead atoms. The molecule has 0 aromatic heterocycles. The van der Waals surface area contributed by atoms with E-state index in [-0.39, 0.29) is 5.57 Å². The lowest BCUT2D eigenvalue weighted by Gasteiger charge is -1.97. The summed E-state index contributed by atoms with van der Waals surface area (Å²) in [6.45, 7) is 7.07. The van der Waals surface area contributed by atoms with Crippen molar-refractivity contribution in [1.82, 2.24) is 0 Å². The first-order valence-electron chi connectivity index (χ1n) is 5.14. The molecule has 1 aromatic carbocycles. The number of carbonyl (C=O) groups is 1. The molecule has 0 heterocycles. The van der Waals surface area contributed by atoms with Gasteiger partial charge in [0.05, 0.1) is 11.8 Å². The van der Waals surface area contributed by atoms with Crippen molar-refractivity contribution in [3.63, 3.8) is 0 Å². The van der Waals surface area contributed by atoms with Gasteiger partial charge in [0, 0.05) is 0 Å². The van der Waals surface area contributed by atoms with E-state index in [1.54, 1.807) is 24.3 Å². The highest BCUT2D eigenvalue weighted by Gasteiger charge is 2.01. The largest absolute Gasteiger partial charge is 0.431 e. The van der Waals surface area contributed by atoms with Crippen molar-refractivity contribution in [1.29, 1.82) is 0 Å². The lowest BCUT2D eigenvalue weighted by atomic mass is 10.2. The Balaban J connectivity index is 2.48. The average molecular weight is 226 g/mol. The van der Waals surface area contributed by atoms with Crippen molar-refractivity contribution in [2.75, 3.05) is 0 Å². The Bertz CT molecular complexity index is 453. The van der Waals surface area contributed by atoms with E-state index in [9.17, 15) is 4.79 Å². The van der Waals surface area contributed by atoms with Gasteiger partial charge in [0.2, 0.25) is 0 Å². The number of esters is 1. The van der Waals surface area contributed by atoms with Gasteiger partial charge in [-0.1, -0.05) is 55.6 Å². The van der Waals surface area contributed by atoms with Gasteiger partial charge in [0.25, 0.3) is 0 Å². The molecule has 1 aromatic rings. The molecule has 2 nitrogen and oxygen atoms in total. The van der Waals surface area contributed by atoms with E-state index >= 15 is 0 Å². The standard InChI is InChI=1S/C15H14O2/c1-3-4-8-13(2)15(16)17-12-11-14-9-6-5-7-10-14/h3-12H,1-2H2. The highest BCUT2D eigenvalue weighted by atomic mass is 16.5. The van der Waals surface area contributed by atoms with Crippen LogP contribution in [0.5, 0.6) is 0 Å². The van der Waals surface area contributed by atoms with Crippen LogP contribution in [0, 0.1) is 0 Å². The summed E-state index contributed by atoms with van der Waals surface area (Å²) in [6, 6.07) is 9.57. The van der Waals surface area contributed by atoms with E-state index < -0.39 is 5.97 Å². The fourth-order valence-electron chi connectivity index (χ4n) is 1.07. The van der Waals surface area contributed by atoms with E-state index in [1.165, 1.54) is 6.26 Å². The molecular formula is C15H14O2. The zero-order chi connectivity index (χ0) is 12.5. The van der Waals surface area contributed by atoms with Crippen molar-refractivity contribution in [3.05, 3.63) is 79.1 Å². The van der Waals surface area contributed by atoms with Gasteiger partial charge in [-0.15, -0.1) is 0 Å². The van der Waals surface area contributed by atoms with Gasteiger partial charge in [-0.3, -0.25) is 0 Å². The van der Waals surface area contributed by atoms with Gasteiger partial charge in [-0.25, -0.2) is 4.79 Å². The molecule has 86 valence electrons. The van der Waals surface area contributed by atoms with Gasteiger partial charge in [0.1, 0.15) is 0 Å². The minimum Gasteiger partial charge on any atom is -0.431 e. The monoisotopic (exact) mass is 226 g/mol. The summed E-state index contributed by atoms with van der Waals surface area (Å²) in [5.41, 5.74) is 1.25. The lowest BCUT2D eigenvalue weighted by molar-refractivity contribution is -0.133. The Labute approximate surface area is 101 Å². The Morgan fingerprint density at radius 1 is 1.24 bits per heavy atom. The second kappa shape index (κ2) is 7.01. The third kappa shape index (κ3) is 4.80. The Kier molecular flexibility index (Phi) is 5.25. The fraction of sp³-hybridized carbons (Fsp3) is 0. The maximum absolute atomic E-state index is 11.4. The molecular weight excluding hydrogens is 212 g/mol. The second-order valence-corrected chi connectivity index (χ2v) is 3.24.